The van der Waals surface area contributed by atoms with Crippen LogP contribution in [0.3, 0.4) is 0 Å². The van der Waals surface area contributed by atoms with E-state index in [1.165, 1.54) is 6.07 Å². The predicted molar refractivity (Wildman–Crippen MR) is 61.5 cm³/mol. The quantitative estimate of drug-likeness (QED) is 0.839. The first-order chi connectivity index (χ1) is 8.65. The molecule has 0 atom stereocenters. The lowest BCUT2D eigenvalue weighted by atomic mass is 10.1. The maximum atomic E-state index is 12.9. The van der Waals surface area contributed by atoms with E-state index in [0.717, 1.165) is 37.8 Å². The highest BCUT2D eigenvalue weighted by Gasteiger charge is 2.17. The van der Waals surface area contributed by atoms with E-state index in [1.807, 2.05) is 0 Å². The van der Waals surface area contributed by atoms with Crippen LogP contribution in [0.25, 0.3) is 0 Å². The topological polar surface area (TPSA) is 38.3 Å². The molecule has 1 fully saturated rings. The first kappa shape index (κ1) is 13.0. The van der Waals surface area contributed by atoms with Gasteiger partial charge in [-0.3, -0.25) is 9.63 Å². The number of hydroxylamine groups is 1. The van der Waals surface area contributed by atoms with Gasteiger partial charge in [0.2, 0.25) is 5.91 Å². The molecule has 98 valence electrons. The number of carbonyl (C=O) groups excluding carboxylic acids is 1. The number of amides is 1. The summed E-state index contributed by atoms with van der Waals surface area (Å²) >= 11 is 0. The van der Waals surface area contributed by atoms with Crippen molar-refractivity contribution in [2.75, 3.05) is 0 Å². The Morgan fingerprint density at radius 3 is 2.67 bits per heavy atom. The van der Waals surface area contributed by atoms with Gasteiger partial charge in [-0.1, -0.05) is 18.9 Å². The van der Waals surface area contributed by atoms with E-state index in [0.29, 0.717) is 5.56 Å². The van der Waals surface area contributed by atoms with Gasteiger partial charge in [0.1, 0.15) is 0 Å². The normalized spacial score (nSPS) is 15.9. The molecular formula is C13H15F2NO2. The molecule has 0 radical (unpaired) electrons. The first-order valence-electron chi connectivity index (χ1n) is 6.03. The molecular weight excluding hydrogens is 240 g/mol. The number of halogens is 2. The highest BCUT2D eigenvalue weighted by molar-refractivity contribution is 5.77. The standard InChI is InChI=1S/C13H15F2NO2/c14-11-6-5-9(7-12(11)15)8-13(17)16-18-10-3-1-2-4-10/h5-7,10H,1-4,8H2,(H,16,17). The summed E-state index contributed by atoms with van der Waals surface area (Å²) in [5.74, 6) is -2.22. The molecule has 0 aliphatic heterocycles. The second kappa shape index (κ2) is 5.91. The van der Waals surface area contributed by atoms with Gasteiger partial charge < -0.3 is 0 Å². The van der Waals surface area contributed by atoms with Crippen LogP contribution in [0.2, 0.25) is 0 Å². The van der Waals surface area contributed by atoms with Crippen LogP contribution in [0.15, 0.2) is 18.2 Å². The van der Waals surface area contributed by atoms with E-state index in [-0.39, 0.29) is 18.4 Å². The van der Waals surface area contributed by atoms with Crippen LogP contribution in [0, 0.1) is 11.6 Å². The summed E-state index contributed by atoms with van der Waals surface area (Å²) in [5.41, 5.74) is 2.77. The molecule has 0 bridgehead atoms. The van der Waals surface area contributed by atoms with Crippen molar-refractivity contribution in [2.24, 2.45) is 0 Å². The van der Waals surface area contributed by atoms with Crippen molar-refractivity contribution in [1.82, 2.24) is 5.48 Å². The van der Waals surface area contributed by atoms with Gasteiger partial charge in [0.05, 0.1) is 12.5 Å². The van der Waals surface area contributed by atoms with Crippen molar-refractivity contribution in [3.05, 3.63) is 35.4 Å². The van der Waals surface area contributed by atoms with Crippen molar-refractivity contribution < 1.29 is 18.4 Å². The summed E-state index contributed by atoms with van der Waals surface area (Å²) in [6.45, 7) is 0. The van der Waals surface area contributed by atoms with Gasteiger partial charge in [-0.25, -0.2) is 14.3 Å². The van der Waals surface area contributed by atoms with E-state index in [1.54, 1.807) is 0 Å². The molecule has 0 aromatic heterocycles. The molecule has 0 heterocycles. The summed E-state index contributed by atoms with van der Waals surface area (Å²) in [6.07, 6.45) is 4.19. The number of benzene rings is 1. The fourth-order valence-corrected chi connectivity index (χ4v) is 2.03. The molecule has 3 nitrogen and oxygen atoms in total. The SMILES string of the molecule is O=C(Cc1ccc(F)c(F)c1)NOC1CCCC1. The number of nitrogens with one attached hydrogen (secondary N) is 1. The average molecular weight is 255 g/mol. The van der Waals surface area contributed by atoms with Crippen molar-refractivity contribution in [3.63, 3.8) is 0 Å². The van der Waals surface area contributed by atoms with Gasteiger partial charge in [0.25, 0.3) is 0 Å². The average Bonchev–Trinajstić information content (AvgIpc) is 2.84. The largest absolute Gasteiger partial charge is 0.272 e. The molecule has 1 saturated carbocycles. The Balaban J connectivity index is 1.80. The Bertz CT molecular complexity index is 431. The van der Waals surface area contributed by atoms with Crippen LogP contribution in [0.5, 0.6) is 0 Å². The van der Waals surface area contributed by atoms with Gasteiger partial charge in [0, 0.05) is 0 Å². The molecule has 0 spiro atoms. The number of hydrogen-bond acceptors (Lipinski definition) is 2. The smallest absolute Gasteiger partial charge is 0.247 e. The molecule has 1 N–H and O–H groups in total. The molecule has 1 aromatic carbocycles. The first-order valence-corrected chi connectivity index (χ1v) is 6.03. The van der Waals surface area contributed by atoms with E-state index in [2.05, 4.69) is 5.48 Å². The minimum Gasteiger partial charge on any atom is -0.272 e. The third-order valence-electron chi connectivity index (χ3n) is 2.99. The number of rotatable bonds is 4. The predicted octanol–water partition coefficient (Wildman–Crippen LogP) is 2.50. The summed E-state index contributed by atoms with van der Waals surface area (Å²) in [6, 6.07) is 3.41. The number of hydrogen-bond donors (Lipinski definition) is 1. The number of carbonyl (C=O) groups is 1. The van der Waals surface area contributed by atoms with Crippen LogP contribution < -0.4 is 5.48 Å². The highest BCUT2D eigenvalue weighted by Crippen LogP contribution is 2.19. The van der Waals surface area contributed by atoms with E-state index in [9.17, 15) is 13.6 Å². The van der Waals surface area contributed by atoms with E-state index < -0.39 is 11.6 Å². The minimum atomic E-state index is -0.947. The van der Waals surface area contributed by atoms with Crippen LogP contribution in [-0.2, 0) is 16.1 Å². The monoisotopic (exact) mass is 255 g/mol. The van der Waals surface area contributed by atoms with Gasteiger partial charge in [-0.05, 0) is 30.5 Å². The second-order valence-corrected chi connectivity index (χ2v) is 4.47. The Labute approximate surface area is 104 Å². The Morgan fingerprint density at radius 2 is 2.00 bits per heavy atom. The Kier molecular flexibility index (Phi) is 4.25. The molecule has 5 heteroatoms. The summed E-state index contributed by atoms with van der Waals surface area (Å²) in [4.78, 5) is 16.7. The fraction of sp³-hybridized carbons (Fsp3) is 0.462. The van der Waals surface area contributed by atoms with Crippen molar-refractivity contribution >= 4 is 5.91 Å². The van der Waals surface area contributed by atoms with Gasteiger partial charge >= 0.3 is 0 Å². The molecule has 1 aliphatic rings. The van der Waals surface area contributed by atoms with E-state index >= 15 is 0 Å². The molecule has 1 aliphatic carbocycles. The van der Waals surface area contributed by atoms with Gasteiger partial charge in [0.15, 0.2) is 11.6 Å². The maximum Gasteiger partial charge on any atom is 0.247 e. The fourth-order valence-electron chi connectivity index (χ4n) is 2.03. The van der Waals surface area contributed by atoms with Crippen molar-refractivity contribution in [1.29, 1.82) is 0 Å². The Morgan fingerprint density at radius 1 is 1.28 bits per heavy atom. The third kappa shape index (κ3) is 3.50. The van der Waals surface area contributed by atoms with Gasteiger partial charge in [-0.15, -0.1) is 0 Å². The second-order valence-electron chi connectivity index (χ2n) is 4.47. The summed E-state index contributed by atoms with van der Waals surface area (Å²) in [7, 11) is 0. The Hall–Kier alpha value is -1.49. The van der Waals surface area contributed by atoms with Crippen molar-refractivity contribution in [3.8, 4) is 0 Å². The zero-order valence-electron chi connectivity index (χ0n) is 9.92. The van der Waals surface area contributed by atoms with Crippen molar-refractivity contribution in [2.45, 2.75) is 38.2 Å². The summed E-state index contributed by atoms with van der Waals surface area (Å²) < 4.78 is 25.6. The van der Waals surface area contributed by atoms with Crippen LogP contribution in [0.4, 0.5) is 8.78 Å². The lowest BCUT2D eigenvalue weighted by molar-refractivity contribution is -0.137. The zero-order valence-corrected chi connectivity index (χ0v) is 9.92. The minimum absolute atomic E-state index is 0.0239. The molecule has 2 rings (SSSR count). The third-order valence-corrected chi connectivity index (χ3v) is 2.99. The van der Waals surface area contributed by atoms with Crippen LogP contribution in [0.1, 0.15) is 31.2 Å². The lowest BCUT2D eigenvalue weighted by Gasteiger charge is -2.11. The lowest BCUT2D eigenvalue weighted by Crippen LogP contribution is -2.29. The molecule has 1 aromatic rings. The van der Waals surface area contributed by atoms with Gasteiger partial charge in [-0.2, -0.15) is 0 Å². The van der Waals surface area contributed by atoms with Crippen LogP contribution >= 0.6 is 0 Å². The molecule has 1 amide bonds. The van der Waals surface area contributed by atoms with Crippen LogP contribution in [-0.4, -0.2) is 12.0 Å². The summed E-state index contributed by atoms with van der Waals surface area (Å²) in [5, 5.41) is 0. The highest BCUT2D eigenvalue weighted by atomic mass is 19.2. The maximum absolute atomic E-state index is 12.9. The zero-order chi connectivity index (χ0) is 13.0. The molecule has 0 unspecified atom stereocenters. The molecule has 18 heavy (non-hydrogen) atoms. The molecule has 0 saturated heterocycles. The van der Waals surface area contributed by atoms with E-state index in [4.69, 9.17) is 4.84 Å².